The molecule has 0 bridgehead atoms. The highest BCUT2D eigenvalue weighted by Crippen LogP contribution is 2.13. The molecule has 0 aliphatic heterocycles. The second-order valence-electron chi connectivity index (χ2n) is 9.28. The summed E-state index contributed by atoms with van der Waals surface area (Å²) in [6, 6.07) is 0. The molecule has 0 aliphatic rings. The zero-order chi connectivity index (χ0) is 32.9. The summed E-state index contributed by atoms with van der Waals surface area (Å²) < 4.78 is 10.1. The number of esters is 2. The molecular formula is C37H70O6S. The first kappa shape index (κ1) is 42.0. The summed E-state index contributed by atoms with van der Waals surface area (Å²) in [5.41, 5.74) is 0. The summed E-state index contributed by atoms with van der Waals surface area (Å²) >= 11 is 3.33. The maximum Gasteiger partial charge on any atom is 0.385 e. The molecule has 6 nitrogen and oxygen atoms in total. The van der Waals surface area contributed by atoms with E-state index in [1.54, 1.807) is 6.92 Å². The predicted molar refractivity (Wildman–Crippen MR) is 205 cm³/mol. The number of aliphatic hydroxyl groups is 1. The summed E-state index contributed by atoms with van der Waals surface area (Å²) in [6.07, 6.45) is 15.3. The van der Waals surface area contributed by atoms with E-state index >= 15 is 0 Å². The van der Waals surface area contributed by atoms with Crippen molar-refractivity contribution in [3.8, 4) is 82.9 Å². The number of hydrogen-bond donors (Lipinski definition) is 2. The highest BCUT2D eigenvalue weighted by Gasteiger charge is 2.15. The van der Waals surface area contributed by atoms with Crippen LogP contribution in [0, 0.1) is 82.9 Å². The van der Waals surface area contributed by atoms with Crippen molar-refractivity contribution in [2.24, 2.45) is 0 Å². The quantitative estimate of drug-likeness (QED) is 0.0512. The van der Waals surface area contributed by atoms with Crippen LogP contribution in [-0.4, -0.2) is 41.5 Å². The first-order chi connectivity index (χ1) is 21.4. The molecule has 0 heterocycles. The van der Waals surface area contributed by atoms with E-state index < -0.39 is 24.6 Å². The zero-order valence-electron chi connectivity index (χ0n) is 26.3. The van der Waals surface area contributed by atoms with Crippen molar-refractivity contribution in [3.63, 3.8) is 0 Å². The summed E-state index contributed by atoms with van der Waals surface area (Å²) in [5.74, 6) is 33.0. The third-order valence-corrected chi connectivity index (χ3v) is 5.36. The molecule has 1 N–H and O–H groups in total. The first-order valence-electron chi connectivity index (χ1n) is 15.0. The number of thiol groups is 1. The lowest BCUT2D eigenvalue weighted by molar-refractivity contribution is -0.159. The fourth-order valence-corrected chi connectivity index (χ4v) is 3.32. The van der Waals surface area contributed by atoms with E-state index in [2.05, 4.69) is 102 Å². The molecule has 7 heteroatoms. The second-order valence-corrected chi connectivity index (χ2v) is 9.91. The number of unbranched alkanes of at least 4 members (excludes halogenated alkanes) is 12. The molecule has 0 saturated heterocycles. The third-order valence-electron chi connectivity index (χ3n) is 5.36. The van der Waals surface area contributed by atoms with Crippen LogP contribution in [-0.2, 0) is 23.9 Å². The molecule has 0 fully saturated rings. The van der Waals surface area contributed by atoms with Gasteiger partial charge in [0.1, 0.15) is 6.61 Å². The van der Waals surface area contributed by atoms with E-state index in [0.29, 0.717) is 0 Å². The summed E-state index contributed by atoms with van der Waals surface area (Å²) in [7, 11) is 0. The molecule has 0 rings (SSSR count). The highest BCUT2D eigenvalue weighted by molar-refractivity contribution is 7.96. The van der Waals surface area contributed by atoms with Crippen molar-refractivity contribution in [3.05, 3.63) is 0 Å². The van der Waals surface area contributed by atoms with Gasteiger partial charge in [-0.05, 0) is 84.4 Å². The van der Waals surface area contributed by atoms with E-state index in [1.807, 2.05) is 0 Å². The lowest BCUT2D eigenvalue weighted by Crippen LogP contribution is -2.28. The first-order valence-corrected chi connectivity index (χ1v) is 15.4. The van der Waals surface area contributed by atoms with Gasteiger partial charge >= 0.3 is 11.9 Å². The third kappa shape index (κ3) is 37.8. The van der Waals surface area contributed by atoms with E-state index in [4.69, 9.17) is 9.47 Å². The Labute approximate surface area is 290 Å². The average Bonchev–Trinajstić information content (AvgIpc) is 2.99. The van der Waals surface area contributed by atoms with Crippen molar-refractivity contribution in [1.82, 2.24) is 0 Å². The summed E-state index contributed by atoms with van der Waals surface area (Å²) in [4.78, 5) is 33.0. The molecule has 0 aliphatic carbocycles. The fraction of sp³-hybridized carbons (Fsp3) is 0.541. The minimum Gasteiger partial charge on any atom is -0.456 e. The number of aliphatic hydroxyl groups excluding tert-OH is 1. The zero-order valence-corrected chi connectivity index (χ0v) is 27.2. The Hall–Kier alpha value is -4.16. The van der Waals surface area contributed by atoms with Gasteiger partial charge in [-0.2, -0.15) is 0 Å². The predicted octanol–water partition coefficient (Wildman–Crippen LogP) is 8.62. The van der Waals surface area contributed by atoms with Crippen LogP contribution in [0.3, 0.4) is 0 Å². The molecule has 0 amide bonds. The number of rotatable bonds is 18. The van der Waals surface area contributed by atoms with E-state index in [1.165, 1.54) is 71.1 Å². The van der Waals surface area contributed by atoms with Crippen LogP contribution < -0.4 is 0 Å². The molecule has 0 aromatic rings. The maximum atomic E-state index is 12.0. The Morgan fingerprint density at radius 3 is 1.48 bits per heavy atom. The Morgan fingerprint density at radius 1 is 0.682 bits per heavy atom. The van der Waals surface area contributed by atoms with E-state index in [9.17, 15) is 19.5 Å². The molecule has 0 radical (unpaired) electrons. The Morgan fingerprint density at radius 2 is 1.07 bits per heavy atom. The van der Waals surface area contributed by atoms with Crippen LogP contribution in [0.15, 0.2) is 0 Å². The van der Waals surface area contributed by atoms with Crippen LogP contribution in [0.4, 0.5) is 0 Å². The SMILES string of the molecule is CC#CC#CC#CC#CC#CC#CC#CC(=O)OC[C@H](CO)OC(=O)CCCCCCCCCCCCCCC.CC(=O)S.[HH].[HH].[HH].[HH].[HH].[HH].[HH].[HH].[HH].[HH].[HH].[HH].[HH]. The molecule has 0 aromatic carbocycles. The van der Waals surface area contributed by atoms with Crippen LogP contribution in [0.2, 0.25) is 0 Å². The lowest BCUT2D eigenvalue weighted by Gasteiger charge is -2.14. The smallest absolute Gasteiger partial charge is 0.385 e. The van der Waals surface area contributed by atoms with E-state index in [0.717, 1.165) is 19.3 Å². The number of hydrogen-bond acceptors (Lipinski definition) is 6. The Bertz CT molecular complexity index is 1320. The Balaban J connectivity index is -0.0000000759. The molecular weight excluding hydrogens is 572 g/mol. The van der Waals surface area contributed by atoms with Gasteiger partial charge in [-0.15, -0.1) is 12.6 Å². The van der Waals surface area contributed by atoms with Gasteiger partial charge in [0.05, 0.1) is 6.61 Å². The van der Waals surface area contributed by atoms with Gasteiger partial charge in [-0.25, -0.2) is 4.79 Å². The van der Waals surface area contributed by atoms with Crippen molar-refractivity contribution < 1.29 is 47.5 Å². The summed E-state index contributed by atoms with van der Waals surface area (Å²) in [6.45, 7) is 4.58. The van der Waals surface area contributed by atoms with Crippen LogP contribution in [0.1, 0.15) is 129 Å². The average molecular weight is 643 g/mol. The normalized spacial score (nSPS) is 8.93. The van der Waals surface area contributed by atoms with Crippen LogP contribution in [0.25, 0.3) is 0 Å². The standard InChI is InChI=1S/C35H40O5.C2H4OS.13H2/c1-3-5-7-9-11-13-15-17-19-21-23-25-27-29-34(37)39-32-33(31-36)40-35(38)30-28-26-24-22-20-18-16-14-12-10-8-6-4-2;1-2(3)4;;;;;;;;;;;;;/h33,36H,4,6,8,10,12,14,16,18,20,22,24,26,28,30-32H2,1-2H3;1H3,(H,3,4);13*1H/t33-;;;;;;;;;;;;;;/m0............../s1. The molecule has 0 saturated carbocycles. The van der Waals surface area contributed by atoms with Gasteiger partial charge in [0, 0.05) is 37.8 Å². The van der Waals surface area contributed by atoms with Gasteiger partial charge in [0.25, 0.3) is 0 Å². The topological polar surface area (TPSA) is 89.9 Å². The van der Waals surface area contributed by atoms with Crippen molar-refractivity contribution in [2.45, 2.75) is 117 Å². The fourth-order valence-electron chi connectivity index (χ4n) is 3.32. The van der Waals surface area contributed by atoms with Gasteiger partial charge < -0.3 is 14.6 Å². The molecule has 44 heavy (non-hydrogen) atoms. The van der Waals surface area contributed by atoms with Gasteiger partial charge in [0.15, 0.2) is 11.2 Å². The second kappa shape index (κ2) is 35.0. The lowest BCUT2D eigenvalue weighted by atomic mass is 10.0. The molecule has 0 aromatic heterocycles. The monoisotopic (exact) mass is 642 g/mol. The van der Waals surface area contributed by atoms with Gasteiger partial charge in [-0.3, -0.25) is 9.59 Å². The van der Waals surface area contributed by atoms with Crippen molar-refractivity contribution >= 4 is 29.7 Å². The van der Waals surface area contributed by atoms with Crippen molar-refractivity contribution in [2.75, 3.05) is 13.2 Å². The minimum absolute atomic E-state index is 0. The molecule has 0 unspecified atom stereocenters. The number of carbonyl (C=O) groups excluding carboxylic acids is 3. The van der Waals surface area contributed by atoms with E-state index in [-0.39, 0.29) is 36.7 Å². The Kier molecular flexibility index (Phi) is 33.4. The molecule has 0 spiro atoms. The maximum absolute atomic E-state index is 12.0. The number of ether oxygens (including phenoxy) is 2. The van der Waals surface area contributed by atoms with Gasteiger partial charge in [0.2, 0.25) is 0 Å². The van der Waals surface area contributed by atoms with Gasteiger partial charge in [-0.1, -0.05) is 89.9 Å². The molecule has 260 valence electrons. The summed E-state index contributed by atoms with van der Waals surface area (Å²) in [5, 5.41) is 9.26. The molecule has 1 atom stereocenters. The minimum atomic E-state index is -0.926. The largest absolute Gasteiger partial charge is 0.456 e. The van der Waals surface area contributed by atoms with Crippen molar-refractivity contribution in [1.29, 1.82) is 0 Å². The number of carbonyl (C=O) groups is 3. The highest BCUT2D eigenvalue weighted by atomic mass is 32.1. The van der Waals surface area contributed by atoms with Crippen LogP contribution in [0.5, 0.6) is 0 Å². The van der Waals surface area contributed by atoms with Crippen LogP contribution >= 0.6 is 12.6 Å².